The van der Waals surface area contributed by atoms with Gasteiger partial charge in [0, 0.05) is 24.6 Å². The number of carboxylic acid groups (broad SMARTS) is 1. The number of rotatable bonds is 13. The fourth-order valence-corrected chi connectivity index (χ4v) is 3.91. The average Bonchev–Trinajstić information content (AvgIpc) is 3.13. The lowest BCUT2D eigenvalue weighted by molar-refractivity contribution is -0.150. The van der Waals surface area contributed by atoms with Crippen LogP contribution in [0.2, 0.25) is 0 Å². The van der Waals surface area contributed by atoms with E-state index in [0.29, 0.717) is 25.1 Å². The Hall–Kier alpha value is -1.32. The van der Waals surface area contributed by atoms with Gasteiger partial charge < -0.3 is 20.1 Å². The Morgan fingerprint density at radius 2 is 2.04 bits per heavy atom. The van der Waals surface area contributed by atoms with E-state index in [1.54, 1.807) is 25.6 Å². The number of hydrogen-bond acceptors (Lipinski definition) is 7. The predicted octanol–water partition coefficient (Wildman–Crippen LogP) is 0.705. The molecule has 1 rings (SSSR count). The van der Waals surface area contributed by atoms with Crippen molar-refractivity contribution in [3.05, 3.63) is 0 Å². The summed E-state index contributed by atoms with van der Waals surface area (Å²) in [4.78, 5) is 37.6. The first-order valence-corrected chi connectivity index (χ1v) is 10.8. The summed E-state index contributed by atoms with van der Waals surface area (Å²) in [5.41, 5.74) is 0. The van der Waals surface area contributed by atoms with E-state index < -0.39 is 24.1 Å². The number of nitrogens with one attached hydrogen (secondary N) is 2. The molecule has 0 aromatic rings. The molecule has 1 fully saturated rings. The van der Waals surface area contributed by atoms with E-state index in [4.69, 9.17) is 4.74 Å². The molecule has 0 aliphatic carbocycles. The van der Waals surface area contributed by atoms with E-state index in [2.05, 4.69) is 17.6 Å². The van der Waals surface area contributed by atoms with Crippen molar-refractivity contribution in [1.82, 2.24) is 15.5 Å². The number of amides is 1. The summed E-state index contributed by atoms with van der Waals surface area (Å²) >= 11 is 1.61. The van der Waals surface area contributed by atoms with E-state index in [0.717, 1.165) is 25.3 Å². The number of hydrogen-bond donors (Lipinski definition) is 3. The summed E-state index contributed by atoms with van der Waals surface area (Å²) in [6, 6.07) is -2.04. The summed E-state index contributed by atoms with van der Waals surface area (Å²) in [6.07, 6.45) is 2.22. The van der Waals surface area contributed by atoms with Crippen molar-refractivity contribution < 1.29 is 24.2 Å². The fraction of sp³-hybridized carbons (Fsp3) is 0.833. The fourth-order valence-electron chi connectivity index (χ4n) is 2.98. The van der Waals surface area contributed by atoms with Crippen LogP contribution in [-0.4, -0.2) is 83.7 Å². The maximum atomic E-state index is 12.7. The minimum absolute atomic E-state index is 0.273. The van der Waals surface area contributed by atoms with Gasteiger partial charge in [-0.1, -0.05) is 6.92 Å². The van der Waals surface area contributed by atoms with Gasteiger partial charge in [-0.3, -0.25) is 14.9 Å². The van der Waals surface area contributed by atoms with Gasteiger partial charge in [-0.05, 0) is 39.7 Å². The molecule has 0 unspecified atom stereocenters. The largest absolute Gasteiger partial charge is 0.480 e. The average molecular weight is 404 g/mol. The van der Waals surface area contributed by atoms with Crippen LogP contribution in [-0.2, 0) is 19.1 Å². The van der Waals surface area contributed by atoms with Gasteiger partial charge in [-0.15, -0.1) is 0 Å². The first-order chi connectivity index (χ1) is 12.9. The molecule has 156 valence electrons. The lowest BCUT2D eigenvalue weighted by Crippen LogP contribution is -2.54. The second-order valence-corrected chi connectivity index (χ2v) is 7.70. The van der Waals surface area contributed by atoms with E-state index >= 15 is 0 Å². The Morgan fingerprint density at radius 3 is 2.67 bits per heavy atom. The number of likely N-dealkylation sites (tertiary alicyclic amines) is 1. The zero-order valence-corrected chi connectivity index (χ0v) is 17.3. The second kappa shape index (κ2) is 13.0. The SMILES string of the molecule is CCCNCCSC[C@H](N[C@@H](C)C(=O)N1CCC[C@H]1C(=O)O)C(=O)OCC. The highest BCUT2D eigenvalue weighted by Crippen LogP contribution is 2.18. The summed E-state index contributed by atoms with van der Waals surface area (Å²) < 4.78 is 5.12. The molecular weight excluding hydrogens is 370 g/mol. The van der Waals surface area contributed by atoms with Crippen LogP contribution in [0.5, 0.6) is 0 Å². The molecule has 1 aliphatic rings. The zero-order chi connectivity index (χ0) is 20.2. The van der Waals surface area contributed by atoms with Crippen molar-refractivity contribution in [3.8, 4) is 0 Å². The molecule has 0 bridgehead atoms. The van der Waals surface area contributed by atoms with E-state index in [1.807, 2.05) is 0 Å². The zero-order valence-electron chi connectivity index (χ0n) is 16.5. The third-order valence-corrected chi connectivity index (χ3v) is 5.41. The van der Waals surface area contributed by atoms with Crippen LogP contribution >= 0.6 is 11.8 Å². The molecule has 0 radical (unpaired) electrons. The first-order valence-electron chi connectivity index (χ1n) is 9.66. The van der Waals surface area contributed by atoms with Crippen molar-refractivity contribution >= 4 is 29.6 Å². The topological polar surface area (TPSA) is 108 Å². The summed E-state index contributed by atoms with van der Waals surface area (Å²) in [5, 5.41) is 15.6. The maximum Gasteiger partial charge on any atom is 0.326 e. The Balaban J connectivity index is 2.58. The molecule has 9 heteroatoms. The van der Waals surface area contributed by atoms with Gasteiger partial charge in [0.1, 0.15) is 12.1 Å². The Bertz CT molecular complexity index is 492. The van der Waals surface area contributed by atoms with Crippen LogP contribution in [0, 0.1) is 0 Å². The van der Waals surface area contributed by atoms with Crippen LogP contribution in [0.4, 0.5) is 0 Å². The number of nitrogens with zero attached hydrogens (tertiary/aromatic N) is 1. The molecule has 1 aliphatic heterocycles. The molecule has 3 atom stereocenters. The third-order valence-electron chi connectivity index (χ3n) is 4.35. The highest BCUT2D eigenvalue weighted by atomic mass is 32.2. The number of carbonyl (C=O) groups is 3. The molecule has 0 aromatic heterocycles. The van der Waals surface area contributed by atoms with Crippen LogP contribution in [0.15, 0.2) is 0 Å². The van der Waals surface area contributed by atoms with Crippen molar-refractivity contribution in [2.75, 3.05) is 37.7 Å². The third kappa shape index (κ3) is 8.06. The van der Waals surface area contributed by atoms with Gasteiger partial charge in [-0.25, -0.2) is 4.79 Å². The first kappa shape index (κ1) is 23.7. The quantitative estimate of drug-likeness (QED) is 0.305. The summed E-state index contributed by atoms with van der Waals surface area (Å²) in [7, 11) is 0. The van der Waals surface area contributed by atoms with E-state index in [1.165, 1.54) is 4.90 Å². The van der Waals surface area contributed by atoms with E-state index in [-0.39, 0.29) is 18.5 Å². The number of carbonyl (C=O) groups excluding carboxylic acids is 2. The van der Waals surface area contributed by atoms with Crippen LogP contribution < -0.4 is 10.6 Å². The summed E-state index contributed by atoms with van der Waals surface area (Å²) in [5.74, 6) is -0.309. The van der Waals surface area contributed by atoms with Crippen LogP contribution in [0.25, 0.3) is 0 Å². The minimum Gasteiger partial charge on any atom is -0.480 e. The monoisotopic (exact) mass is 403 g/mol. The smallest absolute Gasteiger partial charge is 0.326 e. The molecule has 27 heavy (non-hydrogen) atoms. The molecule has 1 amide bonds. The van der Waals surface area contributed by atoms with Gasteiger partial charge in [0.15, 0.2) is 0 Å². The Labute approximate surface area is 165 Å². The van der Waals surface area contributed by atoms with Gasteiger partial charge in [0.05, 0.1) is 12.6 Å². The lowest BCUT2D eigenvalue weighted by Gasteiger charge is -2.27. The van der Waals surface area contributed by atoms with Gasteiger partial charge >= 0.3 is 11.9 Å². The molecule has 8 nitrogen and oxygen atoms in total. The Kier molecular flexibility index (Phi) is 11.4. The lowest BCUT2D eigenvalue weighted by atomic mass is 10.2. The van der Waals surface area contributed by atoms with Crippen LogP contribution in [0.1, 0.15) is 40.0 Å². The van der Waals surface area contributed by atoms with Crippen LogP contribution in [0.3, 0.4) is 0 Å². The predicted molar refractivity (Wildman–Crippen MR) is 106 cm³/mol. The molecule has 0 saturated carbocycles. The second-order valence-electron chi connectivity index (χ2n) is 6.55. The van der Waals surface area contributed by atoms with Gasteiger partial charge in [0.2, 0.25) is 5.91 Å². The molecular formula is C18H33N3O5S. The Morgan fingerprint density at radius 1 is 1.30 bits per heavy atom. The number of thioether (sulfide) groups is 1. The van der Waals surface area contributed by atoms with Crippen molar-refractivity contribution in [2.24, 2.45) is 0 Å². The van der Waals surface area contributed by atoms with Crippen molar-refractivity contribution in [2.45, 2.75) is 58.2 Å². The minimum atomic E-state index is -0.981. The molecule has 1 heterocycles. The standard InChI is InChI=1S/C18H33N3O5S/c1-4-8-19-9-11-27-12-14(18(25)26-5-2)20-13(3)16(22)21-10-6-7-15(21)17(23)24/h13-15,19-20H,4-12H2,1-3H3,(H,23,24)/t13-,14-,15-/m0/s1. The molecule has 3 N–H and O–H groups in total. The number of esters is 1. The van der Waals surface area contributed by atoms with Crippen molar-refractivity contribution in [1.29, 1.82) is 0 Å². The highest BCUT2D eigenvalue weighted by Gasteiger charge is 2.36. The number of ether oxygens (including phenoxy) is 1. The van der Waals surface area contributed by atoms with Gasteiger partial charge in [-0.2, -0.15) is 11.8 Å². The highest BCUT2D eigenvalue weighted by molar-refractivity contribution is 7.99. The number of carboxylic acids is 1. The molecule has 0 spiro atoms. The van der Waals surface area contributed by atoms with Gasteiger partial charge in [0.25, 0.3) is 0 Å². The maximum absolute atomic E-state index is 12.7. The molecule has 0 aromatic carbocycles. The van der Waals surface area contributed by atoms with E-state index in [9.17, 15) is 19.5 Å². The number of aliphatic carboxylic acids is 1. The molecule has 1 saturated heterocycles. The normalized spacial score (nSPS) is 18.9. The summed E-state index contributed by atoms with van der Waals surface area (Å²) in [6.45, 7) is 8.04. The van der Waals surface area contributed by atoms with Crippen molar-refractivity contribution in [3.63, 3.8) is 0 Å².